The fraction of sp³-hybridized carbons (Fsp3) is 0.889. The lowest BCUT2D eigenvalue weighted by molar-refractivity contribution is -0.228. The lowest BCUT2D eigenvalue weighted by Gasteiger charge is -2.64. The molecule has 3 saturated carbocycles. The maximum absolute atomic E-state index is 13.3. The summed E-state index contributed by atoms with van der Waals surface area (Å²) in [4.78, 5) is 13.3. The van der Waals surface area contributed by atoms with Gasteiger partial charge in [0, 0.05) is 23.2 Å². The van der Waals surface area contributed by atoms with E-state index in [1.165, 1.54) is 13.0 Å². The van der Waals surface area contributed by atoms with Crippen molar-refractivity contribution in [2.75, 3.05) is 0 Å². The number of aliphatic hydroxyl groups excluding tert-OH is 4. The van der Waals surface area contributed by atoms with Crippen molar-refractivity contribution in [3.05, 3.63) is 11.6 Å². The zero-order valence-corrected chi connectivity index (χ0v) is 22.0. The van der Waals surface area contributed by atoms with Crippen molar-refractivity contribution in [3.63, 3.8) is 0 Å². The molecule has 0 bridgehead atoms. The first-order chi connectivity index (χ1) is 16.2. The van der Waals surface area contributed by atoms with Crippen LogP contribution in [0.25, 0.3) is 0 Å². The van der Waals surface area contributed by atoms with E-state index in [-0.39, 0.29) is 44.1 Å². The van der Waals surface area contributed by atoms with Gasteiger partial charge in [-0.05, 0) is 76.9 Å². The van der Waals surface area contributed by atoms with Crippen LogP contribution < -0.4 is 0 Å². The van der Waals surface area contributed by atoms with Crippen molar-refractivity contribution < 1.29 is 45.6 Å². The van der Waals surface area contributed by atoms with Crippen LogP contribution in [-0.2, 0) is 4.79 Å². The number of hydrogen-bond acceptors (Lipinski definition) is 9. The summed E-state index contributed by atoms with van der Waals surface area (Å²) >= 11 is 0. The molecule has 4 aliphatic carbocycles. The summed E-state index contributed by atoms with van der Waals surface area (Å²) in [5, 5.41) is 88.5. The van der Waals surface area contributed by atoms with Crippen LogP contribution in [0.2, 0.25) is 0 Å². The van der Waals surface area contributed by atoms with Gasteiger partial charge in [0.25, 0.3) is 0 Å². The zero-order chi connectivity index (χ0) is 27.3. The lowest BCUT2D eigenvalue weighted by Crippen LogP contribution is -2.71. The van der Waals surface area contributed by atoms with Crippen LogP contribution in [0.4, 0.5) is 0 Å². The van der Waals surface area contributed by atoms with Crippen LogP contribution in [-0.4, -0.2) is 93.5 Å². The highest BCUT2D eigenvalue weighted by molar-refractivity contribution is 6.00. The monoisotopic (exact) mass is 512 g/mol. The van der Waals surface area contributed by atoms with E-state index in [1.807, 2.05) is 0 Å². The molecule has 0 heterocycles. The van der Waals surface area contributed by atoms with Crippen molar-refractivity contribution in [2.24, 2.45) is 22.7 Å². The third-order valence-corrected chi connectivity index (χ3v) is 10.7. The molecule has 9 heteroatoms. The highest BCUT2D eigenvalue weighted by Crippen LogP contribution is 2.69. The molecular weight excluding hydrogens is 468 g/mol. The Hall–Kier alpha value is -0.910. The molecule has 0 aliphatic heterocycles. The quantitative estimate of drug-likeness (QED) is 0.250. The van der Waals surface area contributed by atoms with Gasteiger partial charge in [-0.25, -0.2) is 0 Å². The Morgan fingerprint density at radius 1 is 0.944 bits per heavy atom. The summed E-state index contributed by atoms with van der Waals surface area (Å²) in [6.45, 7) is 8.14. The second kappa shape index (κ2) is 8.29. The van der Waals surface area contributed by atoms with Crippen LogP contribution >= 0.6 is 0 Å². The van der Waals surface area contributed by atoms with Crippen molar-refractivity contribution in [1.82, 2.24) is 0 Å². The minimum atomic E-state index is -2.00. The number of hydrogen-bond donors (Lipinski definition) is 8. The van der Waals surface area contributed by atoms with Crippen LogP contribution in [0.15, 0.2) is 11.6 Å². The van der Waals surface area contributed by atoms with Crippen molar-refractivity contribution in [1.29, 1.82) is 0 Å². The highest BCUT2D eigenvalue weighted by Gasteiger charge is 2.73. The van der Waals surface area contributed by atoms with Gasteiger partial charge in [0.05, 0.1) is 41.2 Å². The highest BCUT2D eigenvalue weighted by atomic mass is 16.3. The molecule has 0 aromatic heterocycles. The van der Waals surface area contributed by atoms with Crippen LogP contribution in [0.1, 0.15) is 79.6 Å². The Kier molecular flexibility index (Phi) is 6.47. The van der Waals surface area contributed by atoms with Gasteiger partial charge in [-0.15, -0.1) is 0 Å². The predicted octanol–water partition coefficient (Wildman–Crippen LogP) is -0.0603. The van der Waals surface area contributed by atoms with Gasteiger partial charge >= 0.3 is 0 Å². The molecule has 0 amide bonds. The minimum absolute atomic E-state index is 0.0447. The first-order valence-electron chi connectivity index (χ1n) is 13.1. The van der Waals surface area contributed by atoms with Gasteiger partial charge in [0.15, 0.2) is 5.78 Å². The Bertz CT molecular complexity index is 940. The Morgan fingerprint density at radius 3 is 2.08 bits per heavy atom. The molecule has 36 heavy (non-hydrogen) atoms. The summed E-state index contributed by atoms with van der Waals surface area (Å²) in [6.07, 6.45) is -3.11. The molecular formula is C27H44O9. The van der Waals surface area contributed by atoms with Crippen LogP contribution in [0.5, 0.6) is 0 Å². The van der Waals surface area contributed by atoms with Crippen molar-refractivity contribution in [3.8, 4) is 0 Å². The molecule has 0 unspecified atom stereocenters. The fourth-order valence-corrected chi connectivity index (χ4v) is 8.41. The molecule has 4 aliphatic rings. The summed E-state index contributed by atoms with van der Waals surface area (Å²) in [7, 11) is 0. The SMILES string of the molecule is CC(C)(O)CC[C@@H](O)[C@](C)(O)[C@H]1CC[C@@]2(O)C3=CC(=O)[C@]4(O)C[C@@H](O)[C@@H](O)C[C@]4(C)[C@H]3[C@H](O)C[C@]12C. The number of carbonyl (C=O) groups is 1. The van der Waals surface area contributed by atoms with Crippen LogP contribution in [0, 0.1) is 22.7 Å². The normalized spacial score (nSPS) is 49.4. The van der Waals surface area contributed by atoms with Crippen molar-refractivity contribution >= 4 is 5.78 Å². The van der Waals surface area contributed by atoms with Gasteiger partial charge in [0.2, 0.25) is 0 Å². The smallest absolute Gasteiger partial charge is 0.187 e. The third kappa shape index (κ3) is 3.69. The molecule has 0 aromatic rings. The third-order valence-electron chi connectivity index (χ3n) is 10.7. The molecule has 4 rings (SSSR count). The number of ketones is 1. The van der Waals surface area contributed by atoms with E-state index in [1.54, 1.807) is 27.7 Å². The zero-order valence-electron chi connectivity index (χ0n) is 22.0. The molecule has 0 aromatic carbocycles. The molecule has 0 saturated heterocycles. The summed E-state index contributed by atoms with van der Waals surface area (Å²) in [6, 6.07) is 0. The number of aliphatic hydroxyl groups is 8. The summed E-state index contributed by atoms with van der Waals surface area (Å²) in [5.41, 5.74) is -8.41. The van der Waals surface area contributed by atoms with Gasteiger partial charge < -0.3 is 40.9 Å². The van der Waals surface area contributed by atoms with E-state index in [0.717, 1.165) is 0 Å². The maximum atomic E-state index is 13.3. The van der Waals surface area contributed by atoms with Gasteiger partial charge in [0.1, 0.15) is 5.60 Å². The molecule has 8 N–H and O–H groups in total. The van der Waals surface area contributed by atoms with Gasteiger partial charge in [-0.3, -0.25) is 4.79 Å². The summed E-state index contributed by atoms with van der Waals surface area (Å²) in [5.74, 6) is -2.15. The molecule has 11 atom stereocenters. The fourth-order valence-electron chi connectivity index (χ4n) is 8.41. The molecule has 206 valence electrons. The van der Waals surface area contributed by atoms with E-state index >= 15 is 0 Å². The van der Waals surface area contributed by atoms with Gasteiger partial charge in [-0.2, -0.15) is 0 Å². The topological polar surface area (TPSA) is 179 Å². The standard InChI is InChI=1S/C27H44O9/c1-22(2,33)8-7-19(31)25(5,34)18-6-9-26(35)14-10-20(32)27(36)13-16(29)15(28)11-24(27,4)21(14)17(30)12-23(18,26)3/h10,15-19,21,28-31,33-36H,6-9,11-13H2,1-5H3/t15-,16+,17+,18-,19+,21+,23+,24+,25+,26+,27+/m0/s1. The molecule has 9 nitrogen and oxygen atoms in total. The van der Waals surface area contributed by atoms with E-state index in [9.17, 15) is 45.6 Å². The second-order valence-electron chi connectivity index (χ2n) is 13.5. The number of rotatable bonds is 5. The van der Waals surface area contributed by atoms with E-state index in [0.29, 0.717) is 6.42 Å². The van der Waals surface area contributed by atoms with E-state index in [2.05, 4.69) is 0 Å². The minimum Gasteiger partial charge on any atom is -0.392 e. The first-order valence-corrected chi connectivity index (χ1v) is 13.1. The average molecular weight is 513 g/mol. The van der Waals surface area contributed by atoms with Gasteiger partial charge in [-0.1, -0.05) is 13.8 Å². The molecule has 3 fully saturated rings. The van der Waals surface area contributed by atoms with E-state index < -0.39 is 75.3 Å². The van der Waals surface area contributed by atoms with Crippen LogP contribution in [0.3, 0.4) is 0 Å². The second-order valence-corrected chi connectivity index (χ2v) is 13.5. The molecule has 0 spiro atoms. The Morgan fingerprint density at radius 2 is 1.50 bits per heavy atom. The first kappa shape index (κ1) is 28.1. The Labute approximate surface area is 212 Å². The largest absolute Gasteiger partial charge is 0.392 e. The number of fused-ring (bicyclic) bond motifs is 5. The average Bonchev–Trinajstić information content (AvgIpc) is 3.00. The maximum Gasteiger partial charge on any atom is 0.187 e. The molecule has 0 radical (unpaired) electrons. The predicted molar refractivity (Wildman–Crippen MR) is 129 cm³/mol. The van der Waals surface area contributed by atoms with E-state index in [4.69, 9.17) is 0 Å². The summed E-state index contributed by atoms with van der Waals surface area (Å²) < 4.78 is 0. The van der Waals surface area contributed by atoms with Crippen molar-refractivity contribution in [2.45, 2.75) is 126 Å². The number of carbonyl (C=O) groups excluding carboxylic acids is 1. The lowest BCUT2D eigenvalue weighted by atomic mass is 9.43. The Balaban J connectivity index is 1.74.